The summed E-state index contributed by atoms with van der Waals surface area (Å²) in [5.74, 6) is 1.57. The Bertz CT molecular complexity index is 1050. The first kappa shape index (κ1) is 23.9. The number of benzene rings is 3. The summed E-state index contributed by atoms with van der Waals surface area (Å²) in [5.41, 5.74) is 3.97. The molecule has 0 unspecified atom stereocenters. The summed E-state index contributed by atoms with van der Waals surface area (Å²) in [6.45, 7) is 4.49. The zero-order valence-corrected chi connectivity index (χ0v) is 19.5. The summed E-state index contributed by atoms with van der Waals surface area (Å²) in [7, 11) is 3.50. The lowest BCUT2D eigenvalue weighted by molar-refractivity contribution is 0.0827. The van der Waals surface area contributed by atoms with Crippen molar-refractivity contribution in [1.29, 1.82) is 0 Å². The number of carbonyl (C=O) groups is 1. The maximum atomic E-state index is 12.0. The molecule has 0 aliphatic rings. The maximum Gasteiger partial charge on any atom is 0.253 e. The lowest BCUT2D eigenvalue weighted by Gasteiger charge is -2.13. The Kier molecular flexibility index (Phi) is 8.88. The van der Waals surface area contributed by atoms with Gasteiger partial charge in [-0.05, 0) is 47.9 Å². The zero-order chi connectivity index (χ0) is 23.5. The molecule has 6 nitrogen and oxygen atoms in total. The van der Waals surface area contributed by atoms with Crippen molar-refractivity contribution in [2.45, 2.75) is 26.6 Å². The third kappa shape index (κ3) is 7.68. The molecular weight excluding hydrogens is 412 g/mol. The van der Waals surface area contributed by atoms with Gasteiger partial charge >= 0.3 is 0 Å². The molecule has 172 valence electrons. The summed E-state index contributed by atoms with van der Waals surface area (Å²) in [5, 5.41) is 6.63. The van der Waals surface area contributed by atoms with Crippen LogP contribution < -0.4 is 15.4 Å². The molecule has 0 fully saturated rings. The van der Waals surface area contributed by atoms with Crippen molar-refractivity contribution in [3.8, 4) is 5.75 Å². The first-order valence-corrected chi connectivity index (χ1v) is 11.1. The predicted octanol–water partition coefficient (Wildman–Crippen LogP) is 4.22. The van der Waals surface area contributed by atoms with E-state index in [-0.39, 0.29) is 5.91 Å². The third-order valence-electron chi connectivity index (χ3n) is 4.98. The zero-order valence-electron chi connectivity index (χ0n) is 19.5. The molecule has 0 aliphatic heterocycles. The molecular formula is C27H32N4O2. The van der Waals surface area contributed by atoms with E-state index in [1.807, 2.05) is 73.7 Å². The van der Waals surface area contributed by atoms with Crippen LogP contribution in [0.5, 0.6) is 5.75 Å². The van der Waals surface area contributed by atoms with Crippen molar-refractivity contribution in [1.82, 2.24) is 15.5 Å². The van der Waals surface area contributed by atoms with Gasteiger partial charge in [-0.2, -0.15) is 0 Å². The Morgan fingerprint density at radius 3 is 2.30 bits per heavy atom. The van der Waals surface area contributed by atoms with Gasteiger partial charge in [0.2, 0.25) is 0 Å². The fourth-order valence-corrected chi connectivity index (χ4v) is 3.20. The van der Waals surface area contributed by atoms with E-state index in [1.165, 1.54) is 0 Å². The van der Waals surface area contributed by atoms with Crippen LogP contribution in [0.3, 0.4) is 0 Å². The number of amides is 1. The van der Waals surface area contributed by atoms with Gasteiger partial charge in [0.1, 0.15) is 12.4 Å². The smallest absolute Gasteiger partial charge is 0.253 e. The second kappa shape index (κ2) is 12.3. The normalized spacial score (nSPS) is 11.1. The highest BCUT2D eigenvalue weighted by Crippen LogP contribution is 2.16. The van der Waals surface area contributed by atoms with Gasteiger partial charge in [0.25, 0.3) is 5.91 Å². The van der Waals surface area contributed by atoms with Gasteiger partial charge in [-0.3, -0.25) is 4.79 Å². The number of hydrogen-bond acceptors (Lipinski definition) is 3. The minimum absolute atomic E-state index is 0.000566. The molecule has 0 saturated heterocycles. The number of hydrogen-bond donors (Lipinski definition) is 2. The molecule has 3 aromatic carbocycles. The Hall–Kier alpha value is -3.80. The fourth-order valence-electron chi connectivity index (χ4n) is 3.20. The van der Waals surface area contributed by atoms with Crippen molar-refractivity contribution in [2.24, 2.45) is 4.99 Å². The van der Waals surface area contributed by atoms with E-state index in [0.29, 0.717) is 25.3 Å². The van der Waals surface area contributed by atoms with Crippen molar-refractivity contribution >= 4 is 11.9 Å². The van der Waals surface area contributed by atoms with Crippen molar-refractivity contribution in [3.05, 3.63) is 101 Å². The molecule has 0 spiro atoms. The predicted molar refractivity (Wildman–Crippen MR) is 133 cm³/mol. The number of ether oxygens (including phenoxy) is 1. The van der Waals surface area contributed by atoms with Gasteiger partial charge in [-0.1, -0.05) is 54.6 Å². The summed E-state index contributed by atoms with van der Waals surface area (Å²) >= 11 is 0. The lowest BCUT2D eigenvalue weighted by Crippen LogP contribution is -2.36. The van der Waals surface area contributed by atoms with Crippen LogP contribution in [-0.4, -0.2) is 37.4 Å². The Balaban J connectivity index is 1.56. The molecule has 0 atom stereocenters. The van der Waals surface area contributed by atoms with Crippen LogP contribution >= 0.6 is 0 Å². The average molecular weight is 445 g/mol. The van der Waals surface area contributed by atoms with Crippen LogP contribution in [-0.2, 0) is 19.7 Å². The monoisotopic (exact) mass is 444 g/mol. The Morgan fingerprint density at radius 2 is 1.61 bits per heavy atom. The van der Waals surface area contributed by atoms with Crippen LogP contribution in [0.25, 0.3) is 0 Å². The molecule has 0 bridgehead atoms. The molecule has 3 rings (SSSR count). The second-order valence-electron chi connectivity index (χ2n) is 7.87. The van der Waals surface area contributed by atoms with Crippen molar-refractivity contribution in [3.63, 3.8) is 0 Å². The van der Waals surface area contributed by atoms with Crippen molar-refractivity contribution in [2.75, 3.05) is 20.6 Å². The quantitative estimate of drug-likeness (QED) is 0.383. The first-order valence-electron chi connectivity index (χ1n) is 11.1. The number of aliphatic imine (C=N–C) groups is 1. The van der Waals surface area contributed by atoms with Crippen molar-refractivity contribution < 1.29 is 9.53 Å². The van der Waals surface area contributed by atoms with Crippen LogP contribution in [0, 0.1) is 0 Å². The van der Waals surface area contributed by atoms with E-state index < -0.39 is 0 Å². The molecule has 0 aromatic heterocycles. The van der Waals surface area contributed by atoms with E-state index >= 15 is 0 Å². The summed E-state index contributed by atoms with van der Waals surface area (Å²) in [4.78, 5) is 18.3. The standard InChI is InChI=1S/C27H32N4O2/c1-4-28-27(29-18-21-13-15-24(16-14-21)26(32)31(2)3)30-19-23-11-8-12-25(17-23)33-20-22-9-6-5-7-10-22/h5-17H,4,18-20H2,1-3H3,(H2,28,29,30). The van der Waals surface area contributed by atoms with Crippen LogP contribution in [0.2, 0.25) is 0 Å². The van der Waals surface area contributed by atoms with Gasteiger partial charge in [0.05, 0.1) is 6.54 Å². The third-order valence-corrected chi connectivity index (χ3v) is 4.98. The van der Waals surface area contributed by atoms with E-state index in [2.05, 4.69) is 22.8 Å². The molecule has 0 saturated carbocycles. The van der Waals surface area contributed by atoms with Gasteiger partial charge < -0.3 is 20.3 Å². The summed E-state index contributed by atoms with van der Waals surface area (Å²) in [6, 6.07) is 25.8. The highest BCUT2D eigenvalue weighted by Gasteiger charge is 2.07. The molecule has 6 heteroatoms. The van der Waals surface area contributed by atoms with E-state index in [1.54, 1.807) is 19.0 Å². The summed E-state index contributed by atoms with van der Waals surface area (Å²) < 4.78 is 5.93. The van der Waals surface area contributed by atoms with E-state index in [9.17, 15) is 4.79 Å². The lowest BCUT2D eigenvalue weighted by atomic mass is 10.1. The van der Waals surface area contributed by atoms with Crippen LogP contribution in [0.1, 0.15) is 34.0 Å². The van der Waals surface area contributed by atoms with E-state index in [4.69, 9.17) is 9.73 Å². The molecule has 0 aliphatic carbocycles. The number of guanidine groups is 1. The van der Waals surface area contributed by atoms with Gasteiger partial charge in [-0.15, -0.1) is 0 Å². The molecule has 33 heavy (non-hydrogen) atoms. The van der Waals surface area contributed by atoms with Crippen LogP contribution in [0.15, 0.2) is 83.9 Å². The maximum absolute atomic E-state index is 12.0. The highest BCUT2D eigenvalue weighted by atomic mass is 16.5. The largest absolute Gasteiger partial charge is 0.489 e. The average Bonchev–Trinajstić information content (AvgIpc) is 2.85. The van der Waals surface area contributed by atoms with Crippen LogP contribution in [0.4, 0.5) is 0 Å². The molecule has 3 aromatic rings. The van der Waals surface area contributed by atoms with E-state index in [0.717, 1.165) is 34.9 Å². The minimum Gasteiger partial charge on any atom is -0.489 e. The fraction of sp³-hybridized carbons (Fsp3) is 0.259. The second-order valence-corrected chi connectivity index (χ2v) is 7.87. The summed E-state index contributed by atoms with van der Waals surface area (Å²) in [6.07, 6.45) is 0. The molecule has 0 radical (unpaired) electrons. The van der Waals surface area contributed by atoms with Gasteiger partial charge in [0, 0.05) is 32.7 Å². The molecule has 1 amide bonds. The first-order chi connectivity index (χ1) is 16.0. The number of rotatable bonds is 9. The number of carbonyl (C=O) groups excluding carboxylic acids is 1. The number of nitrogens with one attached hydrogen (secondary N) is 2. The SMILES string of the molecule is CCNC(=NCc1cccc(OCc2ccccc2)c1)NCc1ccc(C(=O)N(C)C)cc1. The highest BCUT2D eigenvalue weighted by molar-refractivity contribution is 5.93. The molecule has 0 heterocycles. The minimum atomic E-state index is -0.000566. The molecule has 2 N–H and O–H groups in total. The Labute approximate surface area is 196 Å². The topological polar surface area (TPSA) is 66.0 Å². The Morgan fingerprint density at radius 1 is 0.879 bits per heavy atom. The van der Waals surface area contributed by atoms with Gasteiger partial charge in [0.15, 0.2) is 5.96 Å². The van der Waals surface area contributed by atoms with Gasteiger partial charge in [-0.25, -0.2) is 4.99 Å². The number of nitrogens with zero attached hydrogens (tertiary/aromatic N) is 2.